The number of rotatable bonds is 5. The minimum absolute atomic E-state index is 0.0304. The van der Waals surface area contributed by atoms with Crippen molar-refractivity contribution in [1.29, 1.82) is 0 Å². The average molecular weight is 407 g/mol. The number of nitrogens with one attached hydrogen (secondary N) is 2. The van der Waals surface area contributed by atoms with Gasteiger partial charge in [-0.05, 0) is 38.1 Å². The first-order chi connectivity index (χ1) is 13.6. The molecule has 0 aromatic heterocycles. The second-order valence-corrected chi connectivity index (χ2v) is 7.04. The van der Waals surface area contributed by atoms with Crippen molar-refractivity contribution in [3.05, 3.63) is 48.5 Å². The summed E-state index contributed by atoms with van der Waals surface area (Å²) in [5.74, 6) is -0.645. The zero-order valence-corrected chi connectivity index (χ0v) is 15.8. The van der Waals surface area contributed by atoms with E-state index >= 15 is 0 Å². The summed E-state index contributed by atoms with van der Waals surface area (Å²) in [5.41, 5.74) is 0.426. The van der Waals surface area contributed by atoms with Crippen LogP contribution in [0.2, 0.25) is 0 Å². The number of fused-ring (bicyclic) bond motifs is 1. The smallest absolute Gasteiger partial charge is 0.422 e. The maximum atomic E-state index is 12.9. The van der Waals surface area contributed by atoms with Gasteiger partial charge in [-0.2, -0.15) is 13.2 Å². The third-order valence-electron chi connectivity index (χ3n) is 4.44. The molecular weight excluding hydrogens is 387 g/mol. The minimum atomic E-state index is -4.44. The van der Waals surface area contributed by atoms with Gasteiger partial charge in [-0.25, -0.2) is 0 Å². The molecule has 1 heterocycles. The van der Waals surface area contributed by atoms with E-state index in [-0.39, 0.29) is 24.1 Å². The molecule has 2 N–H and O–H groups in total. The molecule has 0 spiro atoms. The summed E-state index contributed by atoms with van der Waals surface area (Å²) in [5, 5.41) is 5.66. The highest BCUT2D eigenvalue weighted by atomic mass is 19.4. The predicted octanol–water partition coefficient (Wildman–Crippen LogP) is 3.80. The number of carbonyl (C=O) groups excluding carboxylic acids is 2. The van der Waals surface area contributed by atoms with E-state index in [2.05, 4.69) is 10.6 Å². The van der Waals surface area contributed by atoms with Crippen LogP contribution in [0.15, 0.2) is 48.5 Å². The number of para-hydroxylation sites is 2. The SMILES string of the molecule is CC1(C)C(=O)Nc2ccccc2N1C(=O)CNc1cccc(OCC(F)(F)F)c1. The maximum absolute atomic E-state index is 12.9. The molecule has 0 saturated heterocycles. The lowest BCUT2D eigenvalue weighted by atomic mass is 9.96. The summed E-state index contributed by atoms with van der Waals surface area (Å²) in [6.07, 6.45) is -4.44. The first-order valence-electron chi connectivity index (χ1n) is 8.85. The minimum Gasteiger partial charge on any atom is -0.484 e. The number of carbonyl (C=O) groups is 2. The molecule has 2 aromatic carbocycles. The number of ether oxygens (including phenoxy) is 1. The van der Waals surface area contributed by atoms with Gasteiger partial charge < -0.3 is 15.4 Å². The lowest BCUT2D eigenvalue weighted by Crippen LogP contribution is -2.59. The van der Waals surface area contributed by atoms with Crippen LogP contribution in [-0.2, 0) is 9.59 Å². The molecule has 2 aromatic rings. The molecule has 0 unspecified atom stereocenters. The summed E-state index contributed by atoms with van der Waals surface area (Å²) in [4.78, 5) is 26.8. The first-order valence-corrected chi connectivity index (χ1v) is 8.85. The van der Waals surface area contributed by atoms with Crippen molar-refractivity contribution in [2.24, 2.45) is 0 Å². The zero-order valence-electron chi connectivity index (χ0n) is 15.8. The molecule has 0 bridgehead atoms. The Balaban J connectivity index is 1.73. The predicted molar refractivity (Wildman–Crippen MR) is 103 cm³/mol. The molecule has 0 atom stereocenters. The molecule has 154 valence electrons. The first kappa shape index (κ1) is 20.5. The van der Waals surface area contributed by atoms with Crippen LogP contribution in [0, 0.1) is 0 Å². The summed E-state index contributed by atoms with van der Waals surface area (Å²) >= 11 is 0. The number of nitrogens with zero attached hydrogens (tertiary/aromatic N) is 1. The van der Waals surface area contributed by atoms with Gasteiger partial charge in [-0.3, -0.25) is 14.5 Å². The fourth-order valence-electron chi connectivity index (χ4n) is 3.02. The molecule has 0 fully saturated rings. The molecule has 6 nitrogen and oxygen atoms in total. The Labute approximate surface area is 165 Å². The summed E-state index contributed by atoms with van der Waals surface area (Å²) in [6, 6.07) is 12.9. The number of anilines is 3. The van der Waals surface area contributed by atoms with Gasteiger partial charge in [-0.15, -0.1) is 0 Å². The Morgan fingerprint density at radius 3 is 2.62 bits per heavy atom. The Morgan fingerprint density at radius 1 is 1.17 bits per heavy atom. The highest BCUT2D eigenvalue weighted by Gasteiger charge is 2.43. The number of benzene rings is 2. The van der Waals surface area contributed by atoms with Crippen LogP contribution in [0.4, 0.5) is 30.2 Å². The normalized spacial score (nSPS) is 15.3. The molecule has 0 aliphatic carbocycles. The van der Waals surface area contributed by atoms with E-state index in [1.807, 2.05) is 0 Å². The molecule has 9 heteroatoms. The van der Waals surface area contributed by atoms with Gasteiger partial charge in [-0.1, -0.05) is 18.2 Å². The van der Waals surface area contributed by atoms with Crippen molar-refractivity contribution >= 4 is 28.9 Å². The topological polar surface area (TPSA) is 70.7 Å². The van der Waals surface area contributed by atoms with E-state index in [4.69, 9.17) is 4.74 Å². The zero-order chi connectivity index (χ0) is 21.2. The van der Waals surface area contributed by atoms with Crippen molar-refractivity contribution in [3.63, 3.8) is 0 Å². The van der Waals surface area contributed by atoms with Crippen LogP contribution in [-0.4, -0.2) is 36.7 Å². The number of halogens is 3. The van der Waals surface area contributed by atoms with Gasteiger partial charge in [0.2, 0.25) is 11.8 Å². The molecule has 0 saturated carbocycles. The van der Waals surface area contributed by atoms with Crippen LogP contribution >= 0.6 is 0 Å². The lowest BCUT2D eigenvalue weighted by molar-refractivity contribution is -0.153. The third-order valence-corrected chi connectivity index (χ3v) is 4.44. The summed E-state index contributed by atoms with van der Waals surface area (Å²) < 4.78 is 41.6. The average Bonchev–Trinajstić information content (AvgIpc) is 2.65. The Morgan fingerprint density at radius 2 is 1.90 bits per heavy atom. The van der Waals surface area contributed by atoms with Gasteiger partial charge in [0.25, 0.3) is 0 Å². The Kier molecular flexibility index (Phi) is 5.41. The fraction of sp³-hybridized carbons (Fsp3) is 0.300. The van der Waals surface area contributed by atoms with Gasteiger partial charge >= 0.3 is 6.18 Å². The summed E-state index contributed by atoms with van der Waals surface area (Å²) in [6.45, 7) is 1.72. The molecule has 1 aliphatic rings. The fourth-order valence-corrected chi connectivity index (χ4v) is 3.02. The van der Waals surface area contributed by atoms with Gasteiger partial charge in [0.15, 0.2) is 6.61 Å². The van der Waals surface area contributed by atoms with E-state index in [9.17, 15) is 22.8 Å². The lowest BCUT2D eigenvalue weighted by Gasteiger charge is -2.42. The number of hydrogen-bond donors (Lipinski definition) is 2. The van der Waals surface area contributed by atoms with Crippen molar-refractivity contribution in [1.82, 2.24) is 0 Å². The number of alkyl halides is 3. The van der Waals surface area contributed by atoms with E-state index in [1.54, 1.807) is 44.2 Å². The Hall–Kier alpha value is -3.23. The largest absolute Gasteiger partial charge is 0.484 e. The third kappa shape index (κ3) is 4.61. The van der Waals surface area contributed by atoms with Crippen LogP contribution in [0.3, 0.4) is 0 Å². The molecular formula is C20H20F3N3O3. The van der Waals surface area contributed by atoms with Crippen molar-refractivity contribution in [2.75, 3.05) is 28.7 Å². The quantitative estimate of drug-likeness (QED) is 0.791. The molecule has 0 radical (unpaired) electrons. The highest BCUT2D eigenvalue weighted by molar-refractivity contribution is 6.14. The standard InChI is InChI=1S/C20H20F3N3O3/c1-19(2)18(28)25-15-8-3-4-9-16(15)26(19)17(27)11-24-13-6-5-7-14(10-13)29-12-20(21,22)23/h3-10,24H,11-12H2,1-2H3,(H,25,28). The Bertz CT molecular complexity index is 928. The van der Waals surface area contributed by atoms with Crippen molar-refractivity contribution in [3.8, 4) is 5.75 Å². The van der Waals surface area contributed by atoms with E-state index in [0.29, 0.717) is 17.1 Å². The molecule has 2 amide bonds. The van der Waals surface area contributed by atoms with Crippen LogP contribution in [0.25, 0.3) is 0 Å². The van der Waals surface area contributed by atoms with Crippen molar-refractivity contribution < 1.29 is 27.5 Å². The molecule has 3 rings (SSSR count). The molecule has 29 heavy (non-hydrogen) atoms. The maximum Gasteiger partial charge on any atom is 0.422 e. The van der Waals surface area contributed by atoms with Crippen LogP contribution in [0.5, 0.6) is 5.75 Å². The summed E-state index contributed by atoms with van der Waals surface area (Å²) in [7, 11) is 0. The number of amides is 2. The second-order valence-electron chi connectivity index (χ2n) is 7.04. The van der Waals surface area contributed by atoms with Gasteiger partial charge in [0.1, 0.15) is 11.3 Å². The monoisotopic (exact) mass is 407 g/mol. The van der Waals surface area contributed by atoms with Crippen LogP contribution < -0.4 is 20.3 Å². The van der Waals surface area contributed by atoms with Crippen molar-refractivity contribution in [2.45, 2.75) is 25.6 Å². The number of hydrogen-bond acceptors (Lipinski definition) is 4. The van der Waals surface area contributed by atoms with Gasteiger partial charge in [0, 0.05) is 11.8 Å². The van der Waals surface area contributed by atoms with Crippen LogP contribution in [0.1, 0.15) is 13.8 Å². The van der Waals surface area contributed by atoms with E-state index in [1.165, 1.54) is 23.1 Å². The van der Waals surface area contributed by atoms with Gasteiger partial charge in [0.05, 0.1) is 17.9 Å². The van der Waals surface area contributed by atoms with E-state index < -0.39 is 18.3 Å². The highest BCUT2D eigenvalue weighted by Crippen LogP contribution is 2.36. The van der Waals surface area contributed by atoms with E-state index in [0.717, 1.165) is 0 Å². The molecule has 1 aliphatic heterocycles. The second kappa shape index (κ2) is 7.65.